The van der Waals surface area contributed by atoms with Crippen LogP contribution in [0.15, 0.2) is 30.5 Å². The number of nitrogens with one attached hydrogen (secondary N) is 2. The van der Waals surface area contributed by atoms with Crippen molar-refractivity contribution in [3.05, 3.63) is 47.4 Å². The van der Waals surface area contributed by atoms with E-state index in [4.69, 9.17) is 10.5 Å². The van der Waals surface area contributed by atoms with Crippen molar-refractivity contribution < 1.29 is 9.84 Å². The molecule has 4 rings (SSSR count). The van der Waals surface area contributed by atoms with Gasteiger partial charge < -0.3 is 25.5 Å². The lowest BCUT2D eigenvalue weighted by Crippen LogP contribution is -2.24. The van der Waals surface area contributed by atoms with E-state index in [1.54, 1.807) is 7.11 Å². The Balaban J connectivity index is 1.69. The SMILES string of the molecule is CCC[C@@H](CO)Nc1nc(N)nc2ccn(Cc3cc(Cc4nn[nH]n4)ccc3OC)c12. The van der Waals surface area contributed by atoms with Gasteiger partial charge in [-0.3, -0.25) is 0 Å². The Morgan fingerprint density at radius 1 is 1.28 bits per heavy atom. The molecule has 0 amide bonds. The maximum Gasteiger partial charge on any atom is 0.222 e. The van der Waals surface area contributed by atoms with E-state index in [0.29, 0.717) is 24.6 Å². The molecule has 11 nitrogen and oxygen atoms in total. The van der Waals surface area contributed by atoms with Crippen molar-refractivity contribution in [3.63, 3.8) is 0 Å². The number of anilines is 2. The summed E-state index contributed by atoms with van der Waals surface area (Å²) >= 11 is 0. The third kappa shape index (κ3) is 4.62. The van der Waals surface area contributed by atoms with Gasteiger partial charge in [-0.1, -0.05) is 24.6 Å². The van der Waals surface area contributed by atoms with Crippen LogP contribution in [0, 0.1) is 0 Å². The molecule has 0 saturated heterocycles. The van der Waals surface area contributed by atoms with E-state index < -0.39 is 0 Å². The van der Waals surface area contributed by atoms with Crippen LogP contribution in [0.5, 0.6) is 5.75 Å². The molecule has 0 unspecified atom stereocenters. The van der Waals surface area contributed by atoms with Gasteiger partial charge in [-0.05, 0) is 30.2 Å². The summed E-state index contributed by atoms with van der Waals surface area (Å²) in [5.41, 5.74) is 9.51. The number of ether oxygens (including phenoxy) is 1. The molecule has 3 heterocycles. The second-order valence-corrected chi connectivity index (χ2v) is 7.57. The van der Waals surface area contributed by atoms with Gasteiger partial charge in [0.2, 0.25) is 5.95 Å². The second-order valence-electron chi connectivity index (χ2n) is 7.57. The number of tetrazole rings is 1. The number of methoxy groups -OCH3 is 1. The highest BCUT2D eigenvalue weighted by Crippen LogP contribution is 2.28. The molecule has 11 heteroatoms. The average molecular weight is 438 g/mol. The zero-order valence-electron chi connectivity index (χ0n) is 18.1. The standard InChI is InChI=1S/C21H27N9O2/c1-3-4-15(12-31)23-20-19-16(24-21(22)25-20)7-8-30(19)11-14-9-13(5-6-17(14)32-2)10-18-26-28-29-27-18/h5-9,15,31H,3-4,10-12H2,1-2H3,(H3,22,23,24,25)(H,26,27,28,29)/t15-/m0/s1. The summed E-state index contributed by atoms with van der Waals surface area (Å²) in [5, 5.41) is 27.2. The van der Waals surface area contributed by atoms with Gasteiger partial charge in [0.15, 0.2) is 11.6 Å². The van der Waals surface area contributed by atoms with Crippen molar-refractivity contribution >= 4 is 22.8 Å². The number of aromatic nitrogens is 7. The summed E-state index contributed by atoms with van der Waals surface area (Å²) in [6.07, 6.45) is 4.26. The Morgan fingerprint density at radius 3 is 2.88 bits per heavy atom. The normalized spacial score (nSPS) is 12.2. The topological polar surface area (TPSA) is 153 Å². The number of fused-ring (bicyclic) bond motifs is 1. The van der Waals surface area contributed by atoms with Crippen molar-refractivity contribution in [2.75, 3.05) is 24.8 Å². The Labute approximate surface area is 185 Å². The van der Waals surface area contributed by atoms with Crippen LogP contribution in [0.2, 0.25) is 0 Å². The fourth-order valence-corrected chi connectivity index (χ4v) is 3.80. The van der Waals surface area contributed by atoms with Crippen LogP contribution < -0.4 is 15.8 Å². The molecule has 3 aromatic heterocycles. The number of rotatable bonds is 10. The molecule has 0 aliphatic carbocycles. The first kappa shape index (κ1) is 21.5. The molecule has 0 spiro atoms. The molecule has 5 N–H and O–H groups in total. The molecule has 0 radical (unpaired) electrons. The highest BCUT2D eigenvalue weighted by atomic mass is 16.5. The lowest BCUT2D eigenvalue weighted by atomic mass is 10.1. The summed E-state index contributed by atoms with van der Waals surface area (Å²) in [4.78, 5) is 8.79. The predicted molar refractivity (Wildman–Crippen MR) is 120 cm³/mol. The number of H-pyrrole nitrogens is 1. The predicted octanol–water partition coefficient (Wildman–Crippen LogP) is 1.75. The molecule has 0 aliphatic rings. The minimum Gasteiger partial charge on any atom is -0.496 e. The van der Waals surface area contributed by atoms with Crippen LogP contribution in [0.3, 0.4) is 0 Å². The quantitative estimate of drug-likeness (QED) is 0.290. The Bertz CT molecular complexity index is 1170. The van der Waals surface area contributed by atoms with Gasteiger partial charge in [-0.15, -0.1) is 10.2 Å². The monoisotopic (exact) mass is 437 g/mol. The minimum atomic E-state index is -0.117. The van der Waals surface area contributed by atoms with Crippen molar-refractivity contribution in [1.82, 2.24) is 35.2 Å². The number of nitrogen functional groups attached to an aromatic ring is 1. The largest absolute Gasteiger partial charge is 0.496 e. The van der Waals surface area contributed by atoms with Gasteiger partial charge in [-0.2, -0.15) is 10.2 Å². The summed E-state index contributed by atoms with van der Waals surface area (Å²) in [5.74, 6) is 2.18. The zero-order valence-corrected chi connectivity index (χ0v) is 18.1. The van der Waals surface area contributed by atoms with Gasteiger partial charge in [0.1, 0.15) is 11.3 Å². The van der Waals surface area contributed by atoms with Gasteiger partial charge in [0, 0.05) is 18.2 Å². The second kappa shape index (κ2) is 9.60. The van der Waals surface area contributed by atoms with E-state index in [9.17, 15) is 5.11 Å². The van der Waals surface area contributed by atoms with Gasteiger partial charge in [-0.25, -0.2) is 4.98 Å². The first-order valence-electron chi connectivity index (χ1n) is 10.5. The van der Waals surface area contributed by atoms with E-state index >= 15 is 0 Å². The molecule has 0 bridgehead atoms. The third-order valence-corrected chi connectivity index (χ3v) is 5.26. The highest BCUT2D eigenvalue weighted by molar-refractivity contribution is 5.87. The lowest BCUT2D eigenvalue weighted by molar-refractivity contribution is 0.268. The van der Waals surface area contributed by atoms with E-state index in [-0.39, 0.29) is 18.6 Å². The van der Waals surface area contributed by atoms with E-state index in [1.165, 1.54) is 0 Å². The summed E-state index contributed by atoms with van der Waals surface area (Å²) < 4.78 is 7.65. The Kier molecular flexibility index (Phi) is 6.45. The fraction of sp³-hybridized carbons (Fsp3) is 0.381. The molecule has 1 atom stereocenters. The number of aliphatic hydroxyl groups excluding tert-OH is 1. The van der Waals surface area contributed by atoms with Crippen LogP contribution in [0.4, 0.5) is 11.8 Å². The molecule has 32 heavy (non-hydrogen) atoms. The lowest BCUT2D eigenvalue weighted by Gasteiger charge is -2.18. The van der Waals surface area contributed by atoms with Gasteiger partial charge in [0.05, 0.1) is 31.8 Å². The number of nitrogens with zero attached hydrogens (tertiary/aromatic N) is 6. The first-order valence-corrected chi connectivity index (χ1v) is 10.5. The molecular formula is C21H27N9O2. The van der Waals surface area contributed by atoms with E-state index in [0.717, 1.165) is 40.8 Å². The van der Waals surface area contributed by atoms with Crippen molar-refractivity contribution in [2.45, 2.75) is 38.8 Å². The smallest absolute Gasteiger partial charge is 0.222 e. The molecule has 168 valence electrons. The van der Waals surface area contributed by atoms with Crippen LogP contribution >= 0.6 is 0 Å². The number of aromatic amines is 1. The first-order chi connectivity index (χ1) is 15.6. The van der Waals surface area contributed by atoms with Crippen molar-refractivity contribution in [2.24, 2.45) is 0 Å². The minimum absolute atomic E-state index is 0.00585. The molecular weight excluding hydrogens is 410 g/mol. The summed E-state index contributed by atoms with van der Waals surface area (Å²) in [7, 11) is 1.65. The molecule has 1 aromatic carbocycles. The number of benzene rings is 1. The number of aliphatic hydroxyl groups is 1. The molecule has 0 aliphatic heterocycles. The number of hydrogen-bond donors (Lipinski definition) is 4. The molecule has 0 saturated carbocycles. The number of hydrogen-bond acceptors (Lipinski definition) is 9. The van der Waals surface area contributed by atoms with E-state index in [1.807, 2.05) is 29.0 Å². The highest BCUT2D eigenvalue weighted by Gasteiger charge is 2.16. The maximum atomic E-state index is 9.74. The average Bonchev–Trinajstić information content (AvgIpc) is 3.43. The van der Waals surface area contributed by atoms with E-state index in [2.05, 4.69) is 48.9 Å². The summed E-state index contributed by atoms with van der Waals surface area (Å²) in [6, 6.07) is 7.78. The van der Waals surface area contributed by atoms with Crippen molar-refractivity contribution in [3.8, 4) is 5.75 Å². The van der Waals surface area contributed by atoms with Crippen LogP contribution in [-0.4, -0.2) is 60.0 Å². The summed E-state index contributed by atoms with van der Waals surface area (Å²) in [6.45, 7) is 2.61. The van der Waals surface area contributed by atoms with Crippen LogP contribution in [0.1, 0.15) is 36.7 Å². The zero-order chi connectivity index (χ0) is 22.5. The van der Waals surface area contributed by atoms with Crippen LogP contribution in [-0.2, 0) is 13.0 Å². The molecule has 0 fully saturated rings. The van der Waals surface area contributed by atoms with Crippen LogP contribution in [0.25, 0.3) is 11.0 Å². The Morgan fingerprint density at radius 2 is 2.16 bits per heavy atom. The van der Waals surface area contributed by atoms with Gasteiger partial charge >= 0.3 is 0 Å². The van der Waals surface area contributed by atoms with Crippen molar-refractivity contribution in [1.29, 1.82) is 0 Å². The molecule has 4 aromatic rings. The number of nitrogens with two attached hydrogens (primary N) is 1. The van der Waals surface area contributed by atoms with Gasteiger partial charge in [0.25, 0.3) is 0 Å². The fourth-order valence-electron chi connectivity index (χ4n) is 3.80. The Hall–Kier alpha value is -3.73. The maximum absolute atomic E-state index is 9.74. The third-order valence-electron chi connectivity index (χ3n) is 5.26.